The van der Waals surface area contributed by atoms with Crippen molar-refractivity contribution in [2.45, 2.75) is 13.3 Å². The molecule has 8 heteroatoms. The normalized spacial score (nSPS) is 10.4. The Morgan fingerprint density at radius 2 is 1.92 bits per heavy atom. The molecule has 1 aromatic heterocycles. The summed E-state index contributed by atoms with van der Waals surface area (Å²) in [6.07, 6.45) is 2.22. The summed E-state index contributed by atoms with van der Waals surface area (Å²) >= 11 is 5.74. The fourth-order valence-electron chi connectivity index (χ4n) is 2.17. The van der Waals surface area contributed by atoms with Gasteiger partial charge < -0.3 is 9.64 Å². The number of pyridine rings is 1. The number of likely N-dealkylation sites (N-methyl/N-ethyl adjacent to an activating group) is 1. The number of carbonyl (C=O) groups excluding carboxylic acids is 2. The Morgan fingerprint density at radius 3 is 2.60 bits per heavy atom. The van der Waals surface area contributed by atoms with Crippen molar-refractivity contribution in [2.24, 2.45) is 0 Å². The summed E-state index contributed by atoms with van der Waals surface area (Å²) < 4.78 is 32.3. The molecule has 0 saturated carbocycles. The third-order valence-corrected chi connectivity index (χ3v) is 3.91. The minimum atomic E-state index is -0.817. The Hall–Kier alpha value is -2.54. The fraction of sp³-hybridized carbons (Fsp3) is 0.235. The van der Waals surface area contributed by atoms with Gasteiger partial charge in [-0.1, -0.05) is 11.6 Å². The van der Waals surface area contributed by atoms with Gasteiger partial charge in [-0.3, -0.25) is 9.78 Å². The van der Waals surface area contributed by atoms with Gasteiger partial charge in [-0.15, -0.1) is 0 Å². The summed E-state index contributed by atoms with van der Waals surface area (Å²) in [4.78, 5) is 29.5. The number of ether oxygens (including phenoxy) is 1. The molecule has 1 amide bonds. The highest BCUT2D eigenvalue weighted by Crippen LogP contribution is 2.25. The van der Waals surface area contributed by atoms with Gasteiger partial charge in [-0.05, 0) is 25.1 Å². The van der Waals surface area contributed by atoms with Crippen LogP contribution in [0.4, 0.5) is 14.5 Å². The van der Waals surface area contributed by atoms with Gasteiger partial charge in [0, 0.05) is 18.8 Å². The first-order valence-corrected chi connectivity index (χ1v) is 7.74. The van der Waals surface area contributed by atoms with E-state index in [1.807, 2.05) is 0 Å². The Labute approximate surface area is 148 Å². The quantitative estimate of drug-likeness (QED) is 0.599. The van der Waals surface area contributed by atoms with Gasteiger partial charge in [0.2, 0.25) is 5.91 Å². The van der Waals surface area contributed by atoms with Gasteiger partial charge >= 0.3 is 5.97 Å². The zero-order valence-electron chi connectivity index (χ0n) is 13.6. The van der Waals surface area contributed by atoms with Gasteiger partial charge in [0.1, 0.15) is 11.6 Å². The molecule has 0 saturated heterocycles. The molecule has 2 aromatic rings. The van der Waals surface area contributed by atoms with Crippen LogP contribution in [0.2, 0.25) is 5.02 Å². The smallest absolute Gasteiger partial charge is 0.340 e. The lowest BCUT2D eigenvalue weighted by molar-refractivity contribution is -0.117. The average molecular weight is 369 g/mol. The van der Waals surface area contributed by atoms with Gasteiger partial charge in [0.15, 0.2) is 0 Å². The number of hydrogen-bond donors (Lipinski definition) is 0. The van der Waals surface area contributed by atoms with Crippen molar-refractivity contribution in [1.82, 2.24) is 4.98 Å². The molecular weight excluding hydrogens is 354 g/mol. The number of carbonyl (C=O) groups is 2. The van der Waals surface area contributed by atoms with E-state index in [0.717, 1.165) is 17.0 Å². The van der Waals surface area contributed by atoms with Crippen molar-refractivity contribution in [2.75, 3.05) is 18.6 Å². The lowest BCUT2D eigenvalue weighted by atomic mass is 10.1. The zero-order valence-corrected chi connectivity index (χ0v) is 14.3. The van der Waals surface area contributed by atoms with Gasteiger partial charge in [0.05, 0.1) is 35.5 Å². The number of aromatic nitrogens is 1. The molecule has 0 bridgehead atoms. The molecule has 25 heavy (non-hydrogen) atoms. The largest absolute Gasteiger partial charge is 0.462 e. The van der Waals surface area contributed by atoms with E-state index in [-0.39, 0.29) is 23.4 Å². The van der Waals surface area contributed by atoms with Crippen LogP contribution in [0.25, 0.3) is 0 Å². The van der Waals surface area contributed by atoms with E-state index in [4.69, 9.17) is 16.3 Å². The maximum atomic E-state index is 13.9. The zero-order chi connectivity index (χ0) is 18.6. The number of anilines is 1. The number of esters is 1. The van der Waals surface area contributed by atoms with Crippen molar-refractivity contribution in [3.63, 3.8) is 0 Å². The third kappa shape index (κ3) is 4.11. The summed E-state index contributed by atoms with van der Waals surface area (Å²) in [5, 5.41) is -0.446. The highest BCUT2D eigenvalue weighted by Gasteiger charge is 2.22. The first kappa shape index (κ1) is 18.8. The van der Waals surface area contributed by atoms with E-state index in [1.165, 1.54) is 25.5 Å². The van der Waals surface area contributed by atoms with Crippen LogP contribution < -0.4 is 4.90 Å². The van der Waals surface area contributed by atoms with Gasteiger partial charge in [0.25, 0.3) is 0 Å². The molecule has 0 aliphatic heterocycles. The van der Waals surface area contributed by atoms with Crippen LogP contribution in [0, 0.1) is 11.6 Å². The number of benzene rings is 1. The molecule has 0 atom stereocenters. The van der Waals surface area contributed by atoms with Crippen LogP contribution in [0.15, 0.2) is 30.6 Å². The molecule has 132 valence electrons. The Balaban J connectivity index is 2.30. The summed E-state index contributed by atoms with van der Waals surface area (Å²) in [6, 6.07) is 3.19. The number of amides is 1. The second-order valence-electron chi connectivity index (χ2n) is 5.06. The van der Waals surface area contributed by atoms with Crippen LogP contribution in [-0.4, -0.2) is 30.5 Å². The van der Waals surface area contributed by atoms with Crippen molar-refractivity contribution in [3.05, 3.63) is 58.4 Å². The topological polar surface area (TPSA) is 59.5 Å². The van der Waals surface area contributed by atoms with Crippen LogP contribution in [0.3, 0.4) is 0 Å². The van der Waals surface area contributed by atoms with E-state index in [9.17, 15) is 18.4 Å². The van der Waals surface area contributed by atoms with Crippen molar-refractivity contribution in [1.29, 1.82) is 0 Å². The van der Waals surface area contributed by atoms with E-state index in [0.29, 0.717) is 0 Å². The number of rotatable bonds is 5. The molecule has 0 aliphatic carbocycles. The number of halogens is 3. The molecular formula is C17H15ClF2N2O3. The molecule has 0 unspecified atom stereocenters. The molecule has 0 fully saturated rings. The molecule has 0 aliphatic rings. The predicted octanol–water partition coefficient (Wildman–Crippen LogP) is 3.40. The Kier molecular flexibility index (Phi) is 6.03. The maximum Gasteiger partial charge on any atom is 0.340 e. The van der Waals surface area contributed by atoms with E-state index >= 15 is 0 Å². The molecule has 0 radical (unpaired) electrons. The lowest BCUT2D eigenvalue weighted by Crippen LogP contribution is -2.30. The Morgan fingerprint density at radius 1 is 1.24 bits per heavy atom. The first-order valence-electron chi connectivity index (χ1n) is 7.36. The SMILES string of the molecule is CCOC(=O)c1ccncc1N(C)C(=O)Cc1c(F)ccc(F)c1Cl. The summed E-state index contributed by atoms with van der Waals surface area (Å²) in [5.74, 6) is -2.81. The second-order valence-corrected chi connectivity index (χ2v) is 5.44. The van der Waals surface area contributed by atoms with Gasteiger partial charge in [-0.2, -0.15) is 0 Å². The highest BCUT2D eigenvalue weighted by atomic mass is 35.5. The maximum absolute atomic E-state index is 13.9. The summed E-state index contributed by atoms with van der Waals surface area (Å²) in [5.41, 5.74) is 0.0810. The van der Waals surface area contributed by atoms with Crippen molar-refractivity contribution in [3.8, 4) is 0 Å². The number of hydrogen-bond acceptors (Lipinski definition) is 4. The molecule has 0 spiro atoms. The summed E-state index contributed by atoms with van der Waals surface area (Å²) in [6.45, 7) is 1.82. The molecule has 2 rings (SSSR count). The molecule has 0 N–H and O–H groups in total. The van der Waals surface area contributed by atoms with Gasteiger partial charge in [-0.25, -0.2) is 13.6 Å². The standard InChI is InChI=1S/C17H15ClF2N2O3/c1-3-25-17(24)10-6-7-21-9-14(10)22(2)15(23)8-11-12(19)4-5-13(20)16(11)18/h4-7,9H,3,8H2,1-2H3. The van der Waals surface area contributed by atoms with E-state index < -0.39 is 35.0 Å². The monoisotopic (exact) mass is 368 g/mol. The van der Waals surface area contributed by atoms with E-state index in [1.54, 1.807) is 6.92 Å². The molecule has 1 aromatic carbocycles. The van der Waals surface area contributed by atoms with Crippen molar-refractivity contribution < 1.29 is 23.1 Å². The molecule has 5 nitrogen and oxygen atoms in total. The predicted molar refractivity (Wildman–Crippen MR) is 88.7 cm³/mol. The minimum Gasteiger partial charge on any atom is -0.462 e. The second kappa shape index (κ2) is 8.02. The molecule has 1 heterocycles. The summed E-state index contributed by atoms with van der Waals surface area (Å²) in [7, 11) is 1.40. The van der Waals surface area contributed by atoms with Crippen LogP contribution in [-0.2, 0) is 16.0 Å². The Bertz CT molecular complexity index is 814. The van der Waals surface area contributed by atoms with Crippen LogP contribution in [0.1, 0.15) is 22.8 Å². The lowest BCUT2D eigenvalue weighted by Gasteiger charge is -2.20. The third-order valence-electron chi connectivity index (χ3n) is 3.50. The van der Waals surface area contributed by atoms with Crippen LogP contribution in [0.5, 0.6) is 0 Å². The highest BCUT2D eigenvalue weighted by molar-refractivity contribution is 6.31. The van der Waals surface area contributed by atoms with E-state index in [2.05, 4.69) is 4.98 Å². The fourth-order valence-corrected chi connectivity index (χ4v) is 2.39. The average Bonchev–Trinajstić information content (AvgIpc) is 2.61. The van der Waals surface area contributed by atoms with Crippen molar-refractivity contribution >= 4 is 29.2 Å². The number of nitrogens with zero attached hydrogens (tertiary/aromatic N) is 2. The first-order chi connectivity index (χ1) is 11.9. The van der Waals surface area contributed by atoms with Crippen LogP contribution >= 0.6 is 11.6 Å². The minimum absolute atomic E-state index is 0.138.